The van der Waals surface area contributed by atoms with Gasteiger partial charge in [0.05, 0.1) is 0 Å². The fourth-order valence-electron chi connectivity index (χ4n) is 0.970. The number of carbonyl (C=O) groups excluding carboxylic acids is 1. The van der Waals surface area contributed by atoms with Crippen molar-refractivity contribution in [3.63, 3.8) is 0 Å². The molecule has 82 valence electrons. The molecule has 0 aliphatic heterocycles. The van der Waals surface area contributed by atoms with Crippen molar-refractivity contribution in [3.05, 3.63) is 24.4 Å². The highest BCUT2D eigenvalue weighted by Gasteiger charge is 2.33. The Bertz CT molecular complexity index is 337. The Balaban J connectivity index is 2.70. The monoisotopic (exact) mass is 218 g/mol. The van der Waals surface area contributed by atoms with E-state index in [1.54, 1.807) is 12.1 Å². The standard InChI is InChI=1S/C9H9F3N2O/c1-14(7-4-2-3-5-13-7)8(15)6-9(10,11)12/h2-5H,6H2,1H3. The topological polar surface area (TPSA) is 33.2 Å². The molecule has 0 fully saturated rings. The molecule has 1 aromatic rings. The lowest BCUT2D eigenvalue weighted by atomic mass is 10.3. The number of hydrogen-bond acceptors (Lipinski definition) is 2. The van der Waals surface area contributed by atoms with Crippen LogP contribution in [0.3, 0.4) is 0 Å². The first-order chi connectivity index (χ1) is 6.90. The number of aromatic nitrogens is 1. The number of rotatable bonds is 2. The second-order valence-electron chi connectivity index (χ2n) is 2.93. The van der Waals surface area contributed by atoms with Crippen molar-refractivity contribution >= 4 is 11.7 Å². The number of carbonyl (C=O) groups is 1. The van der Waals surface area contributed by atoms with Gasteiger partial charge in [-0.2, -0.15) is 13.2 Å². The van der Waals surface area contributed by atoms with Gasteiger partial charge in [0.2, 0.25) is 5.91 Å². The second-order valence-corrected chi connectivity index (χ2v) is 2.93. The molecular formula is C9H9F3N2O. The molecular weight excluding hydrogens is 209 g/mol. The molecule has 0 unspecified atom stereocenters. The molecule has 0 N–H and O–H groups in total. The molecule has 0 radical (unpaired) electrons. The number of alkyl halides is 3. The summed E-state index contributed by atoms with van der Waals surface area (Å²) in [4.78, 5) is 15.8. The van der Waals surface area contributed by atoms with Crippen LogP contribution in [-0.4, -0.2) is 24.1 Å². The molecule has 6 heteroatoms. The van der Waals surface area contributed by atoms with Crippen molar-refractivity contribution in [3.8, 4) is 0 Å². The molecule has 3 nitrogen and oxygen atoms in total. The normalized spacial score (nSPS) is 11.2. The summed E-state index contributed by atoms with van der Waals surface area (Å²) in [6, 6.07) is 4.68. The Morgan fingerprint density at radius 1 is 1.47 bits per heavy atom. The maximum atomic E-state index is 11.9. The van der Waals surface area contributed by atoms with Gasteiger partial charge in [-0.1, -0.05) is 6.07 Å². The minimum Gasteiger partial charge on any atom is -0.300 e. The molecule has 1 aromatic heterocycles. The highest BCUT2D eigenvalue weighted by Crippen LogP contribution is 2.21. The average molecular weight is 218 g/mol. The van der Waals surface area contributed by atoms with Crippen LogP contribution in [0.1, 0.15) is 6.42 Å². The van der Waals surface area contributed by atoms with Crippen LogP contribution in [0, 0.1) is 0 Å². The van der Waals surface area contributed by atoms with E-state index in [0.717, 1.165) is 4.90 Å². The van der Waals surface area contributed by atoms with Gasteiger partial charge in [0.15, 0.2) is 0 Å². The molecule has 0 spiro atoms. The third-order valence-electron chi connectivity index (χ3n) is 1.72. The fourth-order valence-corrected chi connectivity index (χ4v) is 0.970. The quantitative estimate of drug-likeness (QED) is 0.760. The zero-order chi connectivity index (χ0) is 11.5. The summed E-state index contributed by atoms with van der Waals surface area (Å²) in [5, 5.41) is 0. The number of nitrogens with zero attached hydrogens (tertiary/aromatic N) is 2. The Kier molecular flexibility index (Phi) is 3.28. The van der Waals surface area contributed by atoms with Crippen LogP contribution in [0.4, 0.5) is 19.0 Å². The first-order valence-corrected chi connectivity index (χ1v) is 4.14. The third-order valence-corrected chi connectivity index (χ3v) is 1.72. The van der Waals surface area contributed by atoms with Gasteiger partial charge in [-0.05, 0) is 12.1 Å². The lowest BCUT2D eigenvalue weighted by Gasteiger charge is -2.16. The van der Waals surface area contributed by atoms with Crippen molar-refractivity contribution in [2.45, 2.75) is 12.6 Å². The molecule has 1 amide bonds. The summed E-state index contributed by atoms with van der Waals surface area (Å²) in [7, 11) is 1.26. The van der Waals surface area contributed by atoms with E-state index in [-0.39, 0.29) is 5.82 Å². The molecule has 15 heavy (non-hydrogen) atoms. The van der Waals surface area contributed by atoms with Crippen LogP contribution in [0.5, 0.6) is 0 Å². The van der Waals surface area contributed by atoms with Gasteiger partial charge in [0, 0.05) is 13.2 Å². The first-order valence-electron chi connectivity index (χ1n) is 4.14. The lowest BCUT2D eigenvalue weighted by molar-refractivity contribution is -0.151. The van der Waals surface area contributed by atoms with Gasteiger partial charge in [-0.25, -0.2) is 4.98 Å². The summed E-state index contributed by atoms with van der Waals surface area (Å²) in [6.45, 7) is 0. The number of amides is 1. The number of pyridine rings is 1. The number of halogens is 3. The summed E-state index contributed by atoms with van der Waals surface area (Å²) in [5.74, 6) is -0.826. The van der Waals surface area contributed by atoms with Crippen LogP contribution in [0.15, 0.2) is 24.4 Å². The maximum absolute atomic E-state index is 11.9. The summed E-state index contributed by atoms with van der Waals surface area (Å²) < 4.78 is 35.7. The molecule has 0 saturated heterocycles. The van der Waals surface area contributed by atoms with Gasteiger partial charge < -0.3 is 0 Å². The van der Waals surface area contributed by atoms with Crippen LogP contribution in [0.2, 0.25) is 0 Å². The largest absolute Gasteiger partial charge is 0.397 e. The zero-order valence-electron chi connectivity index (χ0n) is 7.95. The Hall–Kier alpha value is -1.59. The minimum absolute atomic E-state index is 0.201. The molecule has 0 saturated carbocycles. The lowest BCUT2D eigenvalue weighted by Crippen LogP contribution is -2.31. The van der Waals surface area contributed by atoms with Gasteiger partial charge in [-0.15, -0.1) is 0 Å². The Labute approximate surface area is 84.5 Å². The van der Waals surface area contributed by atoms with E-state index < -0.39 is 18.5 Å². The van der Waals surface area contributed by atoms with Crippen molar-refractivity contribution in [1.82, 2.24) is 4.98 Å². The molecule has 0 aromatic carbocycles. The number of anilines is 1. The predicted octanol–water partition coefficient (Wildman–Crippen LogP) is 2.00. The van der Waals surface area contributed by atoms with E-state index in [0.29, 0.717) is 0 Å². The van der Waals surface area contributed by atoms with Crippen LogP contribution in [0.25, 0.3) is 0 Å². The van der Waals surface area contributed by atoms with Crippen LogP contribution >= 0.6 is 0 Å². The van der Waals surface area contributed by atoms with Gasteiger partial charge in [0.1, 0.15) is 12.2 Å². The van der Waals surface area contributed by atoms with E-state index >= 15 is 0 Å². The van der Waals surface area contributed by atoms with E-state index in [2.05, 4.69) is 4.98 Å². The van der Waals surface area contributed by atoms with Crippen LogP contribution in [-0.2, 0) is 4.79 Å². The molecule has 0 aliphatic rings. The minimum atomic E-state index is -4.49. The SMILES string of the molecule is CN(C(=O)CC(F)(F)F)c1ccccn1. The van der Waals surface area contributed by atoms with Crippen molar-refractivity contribution in [2.75, 3.05) is 11.9 Å². The maximum Gasteiger partial charge on any atom is 0.397 e. The first kappa shape index (κ1) is 11.5. The van der Waals surface area contributed by atoms with Crippen molar-refractivity contribution < 1.29 is 18.0 Å². The molecule has 1 heterocycles. The van der Waals surface area contributed by atoms with E-state index in [1.165, 1.54) is 19.3 Å². The fraction of sp³-hybridized carbons (Fsp3) is 0.333. The summed E-state index contributed by atoms with van der Waals surface area (Å²) >= 11 is 0. The molecule has 0 atom stereocenters. The highest BCUT2D eigenvalue weighted by molar-refractivity contribution is 5.92. The highest BCUT2D eigenvalue weighted by atomic mass is 19.4. The van der Waals surface area contributed by atoms with E-state index in [1.807, 2.05) is 0 Å². The molecule has 0 aliphatic carbocycles. The van der Waals surface area contributed by atoms with Crippen molar-refractivity contribution in [2.24, 2.45) is 0 Å². The zero-order valence-corrected chi connectivity index (χ0v) is 7.95. The second kappa shape index (κ2) is 4.29. The van der Waals surface area contributed by atoms with Crippen LogP contribution < -0.4 is 4.90 Å². The van der Waals surface area contributed by atoms with E-state index in [4.69, 9.17) is 0 Å². The summed E-state index contributed by atoms with van der Waals surface area (Å²) in [5.41, 5.74) is 0. The molecule has 0 bridgehead atoms. The Morgan fingerprint density at radius 2 is 2.13 bits per heavy atom. The summed E-state index contributed by atoms with van der Waals surface area (Å²) in [6.07, 6.45) is -4.55. The Morgan fingerprint density at radius 3 is 2.60 bits per heavy atom. The number of hydrogen-bond donors (Lipinski definition) is 0. The van der Waals surface area contributed by atoms with Gasteiger partial charge in [-0.3, -0.25) is 9.69 Å². The van der Waals surface area contributed by atoms with Gasteiger partial charge >= 0.3 is 6.18 Å². The van der Waals surface area contributed by atoms with Crippen molar-refractivity contribution in [1.29, 1.82) is 0 Å². The van der Waals surface area contributed by atoms with E-state index in [9.17, 15) is 18.0 Å². The smallest absolute Gasteiger partial charge is 0.300 e. The predicted molar refractivity (Wildman–Crippen MR) is 48.3 cm³/mol. The van der Waals surface area contributed by atoms with Gasteiger partial charge in [0.25, 0.3) is 0 Å². The third kappa shape index (κ3) is 3.57. The molecule has 1 rings (SSSR count). The average Bonchev–Trinajstić information content (AvgIpc) is 2.15.